The molecule has 1 aliphatic rings. The van der Waals surface area contributed by atoms with Crippen molar-refractivity contribution < 1.29 is 14.1 Å². The highest BCUT2D eigenvalue weighted by molar-refractivity contribution is 6.30. The van der Waals surface area contributed by atoms with E-state index in [0.717, 1.165) is 0 Å². The number of nitrogens with zero attached hydrogens (tertiary/aromatic N) is 1. The Balaban J connectivity index is 2.00. The Hall–Kier alpha value is -2.86. The molecule has 0 radical (unpaired) electrons. The lowest BCUT2D eigenvalue weighted by atomic mass is 9.92. The van der Waals surface area contributed by atoms with Crippen LogP contribution in [0.4, 0.5) is 0 Å². The summed E-state index contributed by atoms with van der Waals surface area (Å²) in [6.45, 7) is 0. The maximum Gasteiger partial charge on any atom is 0.365 e. The van der Waals surface area contributed by atoms with Gasteiger partial charge in [-0.05, 0) is 29.8 Å². The van der Waals surface area contributed by atoms with E-state index in [4.69, 9.17) is 20.8 Å². The Morgan fingerprint density at radius 2 is 1.79 bits per heavy atom. The van der Waals surface area contributed by atoms with Crippen LogP contribution in [0.25, 0.3) is 11.0 Å². The smallest absolute Gasteiger partial charge is 0.365 e. The Labute approximate surface area is 140 Å². The minimum Gasteiger partial charge on any atom is -0.428 e. The van der Waals surface area contributed by atoms with Crippen molar-refractivity contribution in [1.82, 2.24) is 0 Å². The van der Waals surface area contributed by atoms with Crippen molar-refractivity contribution in [3.63, 3.8) is 0 Å². The predicted octanol–water partition coefficient (Wildman–Crippen LogP) is 3.57. The highest BCUT2D eigenvalue weighted by atomic mass is 35.5. The van der Waals surface area contributed by atoms with Crippen LogP contribution in [-0.2, 0) is 0 Å². The molecule has 4 rings (SSSR count). The fourth-order valence-corrected chi connectivity index (χ4v) is 3.15. The first kappa shape index (κ1) is 14.7. The van der Waals surface area contributed by atoms with Crippen molar-refractivity contribution in [3.05, 3.63) is 85.2 Å². The predicted molar refractivity (Wildman–Crippen MR) is 87.2 cm³/mol. The van der Waals surface area contributed by atoms with Crippen molar-refractivity contribution in [2.24, 2.45) is 0 Å². The summed E-state index contributed by atoms with van der Waals surface area (Å²) in [5, 5.41) is 12.5. The van der Waals surface area contributed by atoms with E-state index in [9.17, 15) is 14.9 Å². The molecule has 0 unspecified atom stereocenters. The van der Waals surface area contributed by atoms with E-state index < -0.39 is 22.7 Å². The summed E-state index contributed by atoms with van der Waals surface area (Å²) >= 11 is 5.88. The number of hydrogen-bond acceptors (Lipinski definition) is 5. The Morgan fingerprint density at radius 3 is 2.50 bits per heavy atom. The molecule has 0 bridgehead atoms. The summed E-state index contributed by atoms with van der Waals surface area (Å²) in [7, 11) is 0. The van der Waals surface area contributed by atoms with Gasteiger partial charge < -0.3 is 9.15 Å². The molecule has 7 heteroatoms. The van der Waals surface area contributed by atoms with E-state index in [1.54, 1.807) is 48.5 Å². The largest absolute Gasteiger partial charge is 0.428 e. The van der Waals surface area contributed by atoms with Gasteiger partial charge in [-0.1, -0.05) is 35.9 Å². The lowest BCUT2D eigenvalue weighted by molar-refractivity contribution is -0.561. The number of hydrogen-bond donors (Lipinski definition) is 0. The van der Waals surface area contributed by atoms with Crippen LogP contribution in [0.15, 0.2) is 57.7 Å². The number of fused-ring (bicyclic) bond motifs is 3. The average Bonchev–Trinajstić information content (AvgIpc) is 2.97. The van der Waals surface area contributed by atoms with Crippen molar-refractivity contribution in [3.8, 4) is 5.75 Å². The number of nitro groups is 1. The van der Waals surface area contributed by atoms with Gasteiger partial charge in [0, 0.05) is 5.02 Å². The first-order chi connectivity index (χ1) is 11.6. The molecule has 2 aromatic carbocycles. The summed E-state index contributed by atoms with van der Waals surface area (Å²) in [5.74, 6) is -0.642. The molecule has 1 aromatic heterocycles. The molecular weight excluding hydrogens is 334 g/mol. The fraction of sp³-hybridized carbons (Fsp3) is 0.118. The van der Waals surface area contributed by atoms with Gasteiger partial charge in [-0.3, -0.25) is 10.1 Å². The zero-order valence-corrected chi connectivity index (χ0v) is 12.9. The maximum atomic E-state index is 12.4. The van der Waals surface area contributed by atoms with Gasteiger partial charge in [-0.2, -0.15) is 0 Å². The van der Waals surface area contributed by atoms with E-state index >= 15 is 0 Å². The first-order valence-corrected chi connectivity index (χ1v) is 7.55. The molecule has 0 aliphatic carbocycles. The Kier molecular flexibility index (Phi) is 3.28. The number of para-hydroxylation sites is 1. The second kappa shape index (κ2) is 5.35. The second-order valence-corrected chi connectivity index (χ2v) is 5.89. The van der Waals surface area contributed by atoms with Crippen LogP contribution in [0, 0.1) is 10.1 Å². The minimum atomic E-state index is -1.39. The first-order valence-electron chi connectivity index (χ1n) is 7.17. The zero-order chi connectivity index (χ0) is 16.8. The highest BCUT2D eigenvalue weighted by Gasteiger charge is 2.47. The Bertz CT molecular complexity index is 1010. The van der Waals surface area contributed by atoms with Crippen LogP contribution in [-0.4, -0.2) is 11.2 Å². The summed E-state index contributed by atoms with van der Waals surface area (Å²) in [6, 6.07) is 13.3. The van der Waals surface area contributed by atoms with Gasteiger partial charge in [-0.15, -0.1) is 0 Å². The van der Waals surface area contributed by atoms with Crippen LogP contribution in [0.5, 0.6) is 5.75 Å². The molecule has 0 spiro atoms. The number of halogens is 1. The number of benzene rings is 2. The highest BCUT2D eigenvalue weighted by Crippen LogP contribution is 2.44. The molecule has 1 aliphatic heterocycles. The zero-order valence-electron chi connectivity index (χ0n) is 12.1. The second-order valence-electron chi connectivity index (χ2n) is 5.45. The van der Waals surface area contributed by atoms with Crippen LogP contribution >= 0.6 is 11.6 Å². The van der Waals surface area contributed by atoms with Gasteiger partial charge >= 0.3 is 11.9 Å². The van der Waals surface area contributed by atoms with Crippen LogP contribution in [0.3, 0.4) is 0 Å². The van der Waals surface area contributed by atoms with E-state index in [1.165, 1.54) is 0 Å². The van der Waals surface area contributed by atoms with Gasteiger partial charge in [0.25, 0.3) is 0 Å². The maximum absolute atomic E-state index is 12.4. The summed E-state index contributed by atoms with van der Waals surface area (Å²) in [5.41, 5.74) is 0.438. The minimum absolute atomic E-state index is 0.165. The van der Waals surface area contributed by atoms with Crippen LogP contribution in [0.1, 0.15) is 17.0 Å². The molecule has 0 N–H and O–H groups in total. The molecule has 3 aromatic rings. The topological polar surface area (TPSA) is 82.6 Å². The molecule has 0 saturated carbocycles. The summed E-state index contributed by atoms with van der Waals surface area (Å²) in [6.07, 6.45) is -1.39. The SMILES string of the molecule is O=c1oc2ccccc2c2c1[C@H](c1ccc(Cl)cc1)[C@@H]([N+](=O)[O-])O2. The molecule has 2 heterocycles. The molecule has 0 saturated heterocycles. The Morgan fingerprint density at radius 1 is 1.08 bits per heavy atom. The molecule has 0 fully saturated rings. The third-order valence-corrected chi connectivity index (χ3v) is 4.32. The quantitative estimate of drug-likeness (QED) is 0.403. The van der Waals surface area contributed by atoms with Crippen molar-refractivity contribution in [2.45, 2.75) is 12.1 Å². The lowest BCUT2D eigenvalue weighted by Gasteiger charge is -2.11. The number of rotatable bonds is 2. The van der Waals surface area contributed by atoms with E-state index in [2.05, 4.69) is 0 Å². The van der Waals surface area contributed by atoms with Gasteiger partial charge in [0.1, 0.15) is 17.3 Å². The normalized spacial score (nSPS) is 19.0. The third kappa shape index (κ3) is 2.15. The monoisotopic (exact) mass is 343 g/mol. The molecule has 120 valence electrons. The molecule has 2 atom stereocenters. The van der Waals surface area contributed by atoms with Crippen molar-refractivity contribution >= 4 is 22.6 Å². The van der Waals surface area contributed by atoms with Crippen molar-refractivity contribution in [1.29, 1.82) is 0 Å². The van der Waals surface area contributed by atoms with Gasteiger partial charge in [0.15, 0.2) is 0 Å². The van der Waals surface area contributed by atoms with E-state index in [0.29, 0.717) is 21.6 Å². The van der Waals surface area contributed by atoms with E-state index in [1.807, 2.05) is 0 Å². The molecular formula is C17H10ClNO5. The average molecular weight is 344 g/mol. The molecule has 6 nitrogen and oxygen atoms in total. The standard InChI is InChI=1S/C17H10ClNO5/c18-10-7-5-9(6-8-10)13-14-15(24-16(13)19(21)22)11-3-1-2-4-12(11)23-17(14)20/h1-8,13,16H/t13-,16-/m0/s1. The summed E-state index contributed by atoms with van der Waals surface area (Å²) in [4.78, 5) is 23.4. The number of ether oxygens (including phenoxy) is 1. The van der Waals surface area contributed by atoms with Crippen LogP contribution in [0.2, 0.25) is 5.02 Å². The fourth-order valence-electron chi connectivity index (χ4n) is 3.03. The third-order valence-electron chi connectivity index (χ3n) is 4.07. The van der Waals surface area contributed by atoms with Gasteiger partial charge in [0.05, 0.1) is 15.9 Å². The van der Waals surface area contributed by atoms with Gasteiger partial charge in [-0.25, -0.2) is 4.79 Å². The van der Waals surface area contributed by atoms with Crippen LogP contribution < -0.4 is 10.4 Å². The molecule has 24 heavy (non-hydrogen) atoms. The van der Waals surface area contributed by atoms with Gasteiger partial charge in [0.2, 0.25) is 0 Å². The van der Waals surface area contributed by atoms with Crippen molar-refractivity contribution in [2.75, 3.05) is 0 Å². The molecule has 0 amide bonds. The van der Waals surface area contributed by atoms with E-state index in [-0.39, 0.29) is 11.3 Å². The lowest BCUT2D eigenvalue weighted by Crippen LogP contribution is -2.29. The summed E-state index contributed by atoms with van der Waals surface area (Å²) < 4.78 is 10.9.